The third-order valence-electron chi connectivity index (χ3n) is 2.61. The smallest absolute Gasteiger partial charge is 0.306 e. The van der Waals surface area contributed by atoms with Crippen LogP contribution in [-0.4, -0.2) is 15.9 Å². The summed E-state index contributed by atoms with van der Waals surface area (Å²) >= 11 is 0. The van der Waals surface area contributed by atoms with E-state index in [4.69, 9.17) is 5.84 Å². The molecule has 6 nitrogen and oxygen atoms in total. The summed E-state index contributed by atoms with van der Waals surface area (Å²) in [7, 11) is 0. The molecular formula is C11H14N4O2. The normalized spacial score (nSPS) is 10.6. The lowest BCUT2D eigenvalue weighted by atomic mass is 10.1. The highest BCUT2D eigenvalue weighted by Crippen LogP contribution is 2.12. The third-order valence-corrected chi connectivity index (χ3v) is 2.61. The van der Waals surface area contributed by atoms with Gasteiger partial charge >= 0.3 is 5.69 Å². The van der Waals surface area contributed by atoms with Crippen LogP contribution < -0.4 is 17.0 Å². The molecule has 1 aromatic heterocycles. The molecule has 0 atom stereocenters. The maximum atomic E-state index is 11.1. The maximum Gasteiger partial charge on any atom is 0.323 e. The Kier molecular flexibility index (Phi) is 3.24. The second-order valence-electron chi connectivity index (χ2n) is 3.88. The number of carbonyl (C=O) groups excluding carboxylic acids is 1. The average Bonchev–Trinajstić information content (AvgIpc) is 2.68. The van der Waals surface area contributed by atoms with Crippen molar-refractivity contribution in [2.75, 3.05) is 0 Å². The number of H-pyrrole nitrogens is 2. The molecule has 1 amide bonds. The van der Waals surface area contributed by atoms with E-state index in [2.05, 4.69) is 15.4 Å². The van der Waals surface area contributed by atoms with Gasteiger partial charge in [0.05, 0.1) is 11.0 Å². The SMILES string of the molecule is NNC(=O)CCCc1ccc2[nH]c(=O)[nH]c2c1. The highest BCUT2D eigenvalue weighted by molar-refractivity contribution is 5.76. The highest BCUT2D eigenvalue weighted by atomic mass is 16.2. The average molecular weight is 234 g/mol. The van der Waals surface area contributed by atoms with Crippen LogP contribution in [0.1, 0.15) is 18.4 Å². The predicted octanol–water partition coefficient (Wildman–Crippen LogP) is 0.169. The molecule has 0 saturated heterocycles. The van der Waals surface area contributed by atoms with E-state index in [9.17, 15) is 9.59 Å². The van der Waals surface area contributed by atoms with Gasteiger partial charge in [-0.2, -0.15) is 0 Å². The summed E-state index contributed by atoms with van der Waals surface area (Å²) in [5.41, 5.74) is 4.54. The zero-order valence-corrected chi connectivity index (χ0v) is 9.25. The number of fused-ring (bicyclic) bond motifs is 1. The monoisotopic (exact) mass is 234 g/mol. The molecule has 0 radical (unpaired) electrons. The Labute approximate surface area is 97.2 Å². The van der Waals surface area contributed by atoms with Gasteiger partial charge in [0.15, 0.2) is 0 Å². The number of nitrogens with two attached hydrogens (primary N) is 1. The maximum absolute atomic E-state index is 11.1. The second-order valence-corrected chi connectivity index (χ2v) is 3.88. The van der Waals surface area contributed by atoms with Crippen molar-refractivity contribution in [3.8, 4) is 0 Å². The van der Waals surface area contributed by atoms with E-state index in [1.807, 2.05) is 18.2 Å². The highest BCUT2D eigenvalue weighted by Gasteiger charge is 2.02. The number of nitrogens with one attached hydrogen (secondary N) is 3. The Balaban J connectivity index is 2.04. The lowest BCUT2D eigenvalue weighted by molar-refractivity contribution is -0.121. The number of aromatic nitrogens is 2. The molecule has 0 saturated carbocycles. The van der Waals surface area contributed by atoms with Crippen LogP contribution in [0.15, 0.2) is 23.0 Å². The van der Waals surface area contributed by atoms with Gasteiger partial charge in [0.25, 0.3) is 0 Å². The van der Waals surface area contributed by atoms with Crippen LogP contribution in [0.4, 0.5) is 0 Å². The fourth-order valence-corrected chi connectivity index (χ4v) is 1.76. The number of amides is 1. The molecule has 0 aliphatic heterocycles. The molecule has 2 rings (SSSR count). The Morgan fingerprint density at radius 1 is 1.29 bits per heavy atom. The van der Waals surface area contributed by atoms with Crippen LogP contribution in [-0.2, 0) is 11.2 Å². The van der Waals surface area contributed by atoms with Gasteiger partial charge in [0.2, 0.25) is 5.91 Å². The first kappa shape index (κ1) is 11.4. The van der Waals surface area contributed by atoms with Crippen molar-refractivity contribution in [2.45, 2.75) is 19.3 Å². The number of rotatable bonds is 4. The van der Waals surface area contributed by atoms with Crippen LogP contribution in [0, 0.1) is 0 Å². The molecule has 0 spiro atoms. The first-order valence-corrected chi connectivity index (χ1v) is 5.39. The van der Waals surface area contributed by atoms with Gasteiger partial charge in [-0.05, 0) is 30.5 Å². The zero-order valence-electron chi connectivity index (χ0n) is 9.25. The number of hydrogen-bond acceptors (Lipinski definition) is 3. The van der Waals surface area contributed by atoms with Crippen LogP contribution >= 0.6 is 0 Å². The van der Waals surface area contributed by atoms with Gasteiger partial charge in [-0.25, -0.2) is 10.6 Å². The molecule has 0 bridgehead atoms. The molecule has 1 heterocycles. The topological polar surface area (TPSA) is 104 Å². The minimum atomic E-state index is -0.209. The summed E-state index contributed by atoms with van der Waals surface area (Å²) in [4.78, 5) is 27.4. The zero-order chi connectivity index (χ0) is 12.3. The summed E-state index contributed by atoms with van der Waals surface area (Å²) in [6.45, 7) is 0. The molecule has 2 aromatic rings. The fraction of sp³-hybridized carbons (Fsp3) is 0.273. The van der Waals surface area contributed by atoms with E-state index < -0.39 is 0 Å². The second kappa shape index (κ2) is 4.84. The van der Waals surface area contributed by atoms with Gasteiger partial charge in [-0.1, -0.05) is 6.07 Å². The molecule has 6 heteroatoms. The van der Waals surface area contributed by atoms with Crippen molar-refractivity contribution < 1.29 is 4.79 Å². The fourth-order valence-electron chi connectivity index (χ4n) is 1.76. The van der Waals surface area contributed by atoms with E-state index in [-0.39, 0.29) is 11.6 Å². The number of aromatic amines is 2. The Bertz CT molecular complexity index is 584. The van der Waals surface area contributed by atoms with Crippen molar-refractivity contribution in [3.05, 3.63) is 34.2 Å². The molecular weight excluding hydrogens is 220 g/mol. The summed E-state index contributed by atoms with van der Waals surface area (Å²) in [5, 5.41) is 0. The van der Waals surface area contributed by atoms with Crippen LogP contribution in [0.5, 0.6) is 0 Å². The van der Waals surface area contributed by atoms with Gasteiger partial charge < -0.3 is 9.97 Å². The van der Waals surface area contributed by atoms with Crippen molar-refractivity contribution in [1.82, 2.24) is 15.4 Å². The molecule has 0 unspecified atom stereocenters. The molecule has 0 aliphatic rings. The van der Waals surface area contributed by atoms with Crippen LogP contribution in [0.25, 0.3) is 11.0 Å². The Hall–Kier alpha value is -2.08. The quantitative estimate of drug-likeness (QED) is 0.344. The summed E-state index contributed by atoms with van der Waals surface area (Å²) in [6.07, 6.45) is 1.90. The Morgan fingerprint density at radius 2 is 2.06 bits per heavy atom. The number of hydrogen-bond donors (Lipinski definition) is 4. The number of hydrazine groups is 1. The minimum Gasteiger partial charge on any atom is -0.306 e. The van der Waals surface area contributed by atoms with Crippen molar-refractivity contribution in [3.63, 3.8) is 0 Å². The molecule has 0 aliphatic carbocycles. The lowest BCUT2D eigenvalue weighted by Crippen LogP contribution is -2.29. The van der Waals surface area contributed by atoms with Crippen molar-refractivity contribution >= 4 is 16.9 Å². The molecule has 1 aromatic carbocycles. The lowest BCUT2D eigenvalue weighted by Gasteiger charge is -2.01. The largest absolute Gasteiger partial charge is 0.323 e. The molecule has 0 fully saturated rings. The van der Waals surface area contributed by atoms with E-state index in [1.54, 1.807) is 0 Å². The number of carbonyl (C=O) groups is 1. The van der Waals surface area contributed by atoms with Gasteiger partial charge in [0, 0.05) is 6.42 Å². The summed E-state index contributed by atoms with van der Waals surface area (Å²) < 4.78 is 0. The minimum absolute atomic E-state index is 0.166. The number of aryl methyl sites for hydroxylation is 1. The van der Waals surface area contributed by atoms with Crippen LogP contribution in [0.2, 0.25) is 0 Å². The standard InChI is InChI=1S/C11H14N4O2/c12-15-10(16)3-1-2-7-4-5-8-9(6-7)14-11(17)13-8/h4-6H,1-3,12H2,(H,15,16)(H2,13,14,17). The predicted molar refractivity (Wildman–Crippen MR) is 64.2 cm³/mol. The van der Waals surface area contributed by atoms with E-state index in [0.29, 0.717) is 6.42 Å². The number of imidazole rings is 1. The van der Waals surface area contributed by atoms with Crippen molar-refractivity contribution in [2.24, 2.45) is 5.84 Å². The van der Waals surface area contributed by atoms with Crippen molar-refractivity contribution in [1.29, 1.82) is 0 Å². The van der Waals surface area contributed by atoms with E-state index in [1.165, 1.54) is 0 Å². The molecule has 17 heavy (non-hydrogen) atoms. The van der Waals surface area contributed by atoms with Gasteiger partial charge in [-0.15, -0.1) is 0 Å². The first-order valence-electron chi connectivity index (χ1n) is 5.39. The summed E-state index contributed by atoms with van der Waals surface area (Å²) in [6, 6.07) is 5.70. The summed E-state index contributed by atoms with van der Waals surface area (Å²) in [5.74, 6) is 4.82. The van der Waals surface area contributed by atoms with Gasteiger partial charge in [-0.3, -0.25) is 10.2 Å². The Morgan fingerprint density at radius 3 is 2.82 bits per heavy atom. The molecule has 90 valence electrons. The third kappa shape index (κ3) is 2.73. The first-order chi connectivity index (χ1) is 8.19. The number of benzene rings is 1. The van der Waals surface area contributed by atoms with Gasteiger partial charge in [0.1, 0.15) is 0 Å². The van der Waals surface area contributed by atoms with E-state index in [0.717, 1.165) is 29.4 Å². The molecule has 5 N–H and O–H groups in total. The van der Waals surface area contributed by atoms with Crippen LogP contribution in [0.3, 0.4) is 0 Å². The van der Waals surface area contributed by atoms with E-state index >= 15 is 0 Å².